The summed E-state index contributed by atoms with van der Waals surface area (Å²) in [7, 11) is 0. The Morgan fingerprint density at radius 2 is 2.12 bits per heavy atom. The number of rotatable bonds is 3. The lowest BCUT2D eigenvalue weighted by atomic mass is 10.3. The van der Waals surface area contributed by atoms with Crippen molar-refractivity contribution >= 4 is 5.69 Å². The summed E-state index contributed by atoms with van der Waals surface area (Å²) in [6.07, 6.45) is 0. The second-order valence-corrected chi connectivity index (χ2v) is 3.17. The molecule has 0 aliphatic rings. The van der Waals surface area contributed by atoms with Crippen LogP contribution in [-0.4, -0.2) is 10.2 Å². The normalized spacial score (nSPS) is 10.4. The van der Waals surface area contributed by atoms with Crippen LogP contribution in [0.3, 0.4) is 0 Å². The standard InChI is InChI=1S/C10H9F2N3O/c1-6-14-15-9(16-6)5-13-8-4-2-3-7(11)10(8)12/h2-4,13H,5H2,1H3. The fourth-order valence-electron chi connectivity index (χ4n) is 1.22. The van der Waals surface area contributed by atoms with E-state index in [0.717, 1.165) is 6.07 Å². The predicted octanol–water partition coefficient (Wildman–Crippen LogP) is 2.27. The molecule has 1 aromatic carbocycles. The van der Waals surface area contributed by atoms with Gasteiger partial charge in [0.05, 0.1) is 12.2 Å². The summed E-state index contributed by atoms with van der Waals surface area (Å²) in [6.45, 7) is 1.81. The molecule has 1 heterocycles. The SMILES string of the molecule is Cc1nnc(CNc2cccc(F)c2F)o1. The zero-order valence-corrected chi connectivity index (χ0v) is 8.50. The molecular weight excluding hydrogens is 216 g/mol. The molecule has 6 heteroatoms. The maximum Gasteiger partial charge on any atom is 0.235 e. The van der Waals surface area contributed by atoms with Crippen molar-refractivity contribution in [3.05, 3.63) is 41.6 Å². The number of nitrogens with zero attached hydrogens (tertiary/aromatic N) is 2. The zero-order valence-electron chi connectivity index (χ0n) is 8.50. The monoisotopic (exact) mass is 225 g/mol. The van der Waals surface area contributed by atoms with E-state index in [-0.39, 0.29) is 12.2 Å². The summed E-state index contributed by atoms with van der Waals surface area (Å²) in [6, 6.07) is 3.90. The maximum absolute atomic E-state index is 13.2. The molecule has 0 aliphatic carbocycles. The lowest BCUT2D eigenvalue weighted by Crippen LogP contribution is -2.02. The van der Waals surface area contributed by atoms with Crippen LogP contribution >= 0.6 is 0 Å². The van der Waals surface area contributed by atoms with Gasteiger partial charge in [-0.15, -0.1) is 10.2 Å². The van der Waals surface area contributed by atoms with Crippen LogP contribution in [0.5, 0.6) is 0 Å². The van der Waals surface area contributed by atoms with E-state index in [1.54, 1.807) is 6.92 Å². The molecule has 0 saturated carbocycles. The molecule has 0 atom stereocenters. The fourth-order valence-corrected chi connectivity index (χ4v) is 1.22. The van der Waals surface area contributed by atoms with Gasteiger partial charge in [0.1, 0.15) is 0 Å². The van der Waals surface area contributed by atoms with Gasteiger partial charge in [0, 0.05) is 6.92 Å². The molecule has 0 aliphatic heterocycles. The molecule has 2 aromatic rings. The van der Waals surface area contributed by atoms with E-state index in [1.807, 2.05) is 0 Å². The van der Waals surface area contributed by atoms with Gasteiger partial charge in [-0.2, -0.15) is 0 Å². The summed E-state index contributed by atoms with van der Waals surface area (Å²) in [4.78, 5) is 0. The van der Waals surface area contributed by atoms with Crippen LogP contribution in [0.2, 0.25) is 0 Å². The molecule has 0 bridgehead atoms. The quantitative estimate of drug-likeness (QED) is 0.870. The minimum atomic E-state index is -0.918. The first kappa shape index (κ1) is 10.5. The van der Waals surface area contributed by atoms with E-state index in [4.69, 9.17) is 4.42 Å². The summed E-state index contributed by atoms with van der Waals surface area (Å²) < 4.78 is 31.1. The molecule has 0 fully saturated rings. The van der Waals surface area contributed by atoms with Crippen LogP contribution in [0.15, 0.2) is 22.6 Å². The van der Waals surface area contributed by atoms with Crippen LogP contribution in [0.4, 0.5) is 14.5 Å². The van der Waals surface area contributed by atoms with E-state index in [0.29, 0.717) is 11.8 Å². The molecule has 0 radical (unpaired) electrons. The minimum absolute atomic E-state index is 0.0656. The topological polar surface area (TPSA) is 51.0 Å². The molecule has 16 heavy (non-hydrogen) atoms. The largest absolute Gasteiger partial charge is 0.424 e. The fraction of sp³-hybridized carbons (Fsp3) is 0.200. The predicted molar refractivity (Wildman–Crippen MR) is 52.7 cm³/mol. The van der Waals surface area contributed by atoms with E-state index < -0.39 is 11.6 Å². The van der Waals surface area contributed by atoms with Gasteiger partial charge in [-0.1, -0.05) is 6.07 Å². The van der Waals surface area contributed by atoms with Gasteiger partial charge in [0.2, 0.25) is 11.8 Å². The average Bonchev–Trinajstić information content (AvgIpc) is 2.67. The zero-order chi connectivity index (χ0) is 11.5. The Balaban J connectivity index is 2.07. The van der Waals surface area contributed by atoms with Crippen molar-refractivity contribution in [1.29, 1.82) is 0 Å². The highest BCUT2D eigenvalue weighted by atomic mass is 19.2. The molecule has 2 rings (SSSR count). The van der Waals surface area contributed by atoms with Crippen LogP contribution < -0.4 is 5.32 Å². The molecule has 0 amide bonds. The van der Waals surface area contributed by atoms with Crippen molar-refractivity contribution in [2.24, 2.45) is 0 Å². The first-order valence-corrected chi connectivity index (χ1v) is 4.63. The highest BCUT2D eigenvalue weighted by molar-refractivity contribution is 5.44. The Bertz CT molecular complexity index is 499. The Kier molecular flexibility index (Phi) is 2.80. The third kappa shape index (κ3) is 2.16. The highest BCUT2D eigenvalue weighted by Crippen LogP contribution is 2.17. The number of hydrogen-bond acceptors (Lipinski definition) is 4. The molecule has 1 N–H and O–H groups in total. The molecule has 84 valence electrons. The molecule has 4 nitrogen and oxygen atoms in total. The van der Waals surface area contributed by atoms with Crippen molar-refractivity contribution in [3.63, 3.8) is 0 Å². The van der Waals surface area contributed by atoms with Crippen LogP contribution in [0, 0.1) is 18.6 Å². The van der Waals surface area contributed by atoms with Crippen molar-refractivity contribution in [2.45, 2.75) is 13.5 Å². The summed E-state index contributed by atoms with van der Waals surface area (Å²) >= 11 is 0. The molecular formula is C10H9F2N3O. The van der Waals surface area contributed by atoms with Gasteiger partial charge < -0.3 is 9.73 Å². The average molecular weight is 225 g/mol. The Morgan fingerprint density at radius 1 is 1.31 bits per heavy atom. The molecule has 0 unspecified atom stereocenters. The Morgan fingerprint density at radius 3 is 2.81 bits per heavy atom. The van der Waals surface area contributed by atoms with Crippen LogP contribution in [-0.2, 0) is 6.54 Å². The van der Waals surface area contributed by atoms with Gasteiger partial charge in [-0.05, 0) is 12.1 Å². The molecule has 0 spiro atoms. The first-order valence-electron chi connectivity index (χ1n) is 4.63. The summed E-state index contributed by atoms with van der Waals surface area (Å²) in [5.41, 5.74) is 0.0656. The second-order valence-electron chi connectivity index (χ2n) is 3.17. The number of aryl methyl sites for hydroxylation is 1. The van der Waals surface area contributed by atoms with Crippen molar-refractivity contribution in [3.8, 4) is 0 Å². The lowest BCUT2D eigenvalue weighted by Gasteiger charge is -2.04. The number of hydrogen-bond donors (Lipinski definition) is 1. The van der Waals surface area contributed by atoms with Gasteiger partial charge in [0.25, 0.3) is 0 Å². The van der Waals surface area contributed by atoms with Crippen molar-refractivity contribution < 1.29 is 13.2 Å². The summed E-state index contributed by atoms with van der Waals surface area (Å²) in [5, 5.41) is 10.0. The van der Waals surface area contributed by atoms with Crippen molar-refractivity contribution in [1.82, 2.24) is 10.2 Å². The Hall–Kier alpha value is -1.98. The number of anilines is 1. The smallest absolute Gasteiger partial charge is 0.235 e. The van der Waals surface area contributed by atoms with Gasteiger partial charge in [0.15, 0.2) is 11.6 Å². The number of halogens is 2. The minimum Gasteiger partial charge on any atom is -0.424 e. The maximum atomic E-state index is 13.2. The van der Waals surface area contributed by atoms with Gasteiger partial charge in [-0.25, -0.2) is 8.78 Å². The molecule has 1 aromatic heterocycles. The Labute approximate surface area is 90.3 Å². The van der Waals surface area contributed by atoms with Gasteiger partial charge in [-0.3, -0.25) is 0 Å². The lowest BCUT2D eigenvalue weighted by molar-refractivity contribution is 0.473. The van der Waals surface area contributed by atoms with Crippen LogP contribution in [0.25, 0.3) is 0 Å². The van der Waals surface area contributed by atoms with E-state index in [1.165, 1.54) is 12.1 Å². The highest BCUT2D eigenvalue weighted by Gasteiger charge is 2.08. The van der Waals surface area contributed by atoms with E-state index in [2.05, 4.69) is 15.5 Å². The summed E-state index contributed by atoms with van der Waals surface area (Å²) in [5.74, 6) is -1.07. The van der Waals surface area contributed by atoms with E-state index in [9.17, 15) is 8.78 Å². The number of aromatic nitrogens is 2. The van der Waals surface area contributed by atoms with Crippen LogP contribution in [0.1, 0.15) is 11.8 Å². The number of benzene rings is 1. The second kappa shape index (κ2) is 4.26. The molecule has 0 saturated heterocycles. The third-order valence-electron chi connectivity index (χ3n) is 1.95. The van der Waals surface area contributed by atoms with E-state index >= 15 is 0 Å². The number of nitrogens with one attached hydrogen (secondary N) is 1. The van der Waals surface area contributed by atoms with Crippen molar-refractivity contribution in [2.75, 3.05) is 5.32 Å². The third-order valence-corrected chi connectivity index (χ3v) is 1.95. The first-order chi connectivity index (χ1) is 7.66. The van der Waals surface area contributed by atoms with Gasteiger partial charge >= 0.3 is 0 Å².